The summed E-state index contributed by atoms with van der Waals surface area (Å²) in [6.07, 6.45) is -1.86. The maximum absolute atomic E-state index is 13.3. The number of benzene rings is 1. The molecule has 0 aliphatic heterocycles. The molecule has 0 fully saturated rings. The van der Waals surface area contributed by atoms with Gasteiger partial charge in [0.15, 0.2) is 6.10 Å². The van der Waals surface area contributed by atoms with Crippen LogP contribution in [0.25, 0.3) is 0 Å². The topological polar surface area (TPSA) is 74.6 Å². The fourth-order valence-corrected chi connectivity index (χ4v) is 1.50. The molecule has 17 heavy (non-hydrogen) atoms. The molecule has 1 rings (SSSR count). The zero-order chi connectivity index (χ0) is 13.0. The van der Waals surface area contributed by atoms with Crippen LogP contribution in [0, 0.1) is 5.82 Å². The number of halogens is 2. The van der Waals surface area contributed by atoms with Gasteiger partial charge in [-0.05, 0) is 23.3 Å². The van der Waals surface area contributed by atoms with Crippen LogP contribution in [0.5, 0.6) is 0 Å². The lowest BCUT2D eigenvalue weighted by atomic mass is 10.0. The molecule has 1 unspecified atom stereocenters. The van der Waals surface area contributed by atoms with E-state index in [9.17, 15) is 19.1 Å². The third kappa shape index (κ3) is 3.61. The number of aliphatic hydroxyl groups excluding tert-OH is 1. The van der Waals surface area contributed by atoms with Gasteiger partial charge >= 0.3 is 5.97 Å². The maximum Gasteiger partial charge on any atom is 0.337 e. The van der Waals surface area contributed by atoms with Crippen molar-refractivity contribution in [1.82, 2.24) is 0 Å². The molecule has 1 atom stereocenters. The van der Waals surface area contributed by atoms with E-state index in [1.807, 2.05) is 0 Å². The summed E-state index contributed by atoms with van der Waals surface area (Å²) in [5.74, 6) is -2.25. The van der Waals surface area contributed by atoms with E-state index in [2.05, 4.69) is 15.9 Å². The Balaban J connectivity index is 3.02. The fraction of sp³-hybridized carbons (Fsp3) is 0.273. The van der Waals surface area contributed by atoms with Gasteiger partial charge in [0.2, 0.25) is 0 Å². The van der Waals surface area contributed by atoms with Gasteiger partial charge in [-0.2, -0.15) is 0 Å². The van der Waals surface area contributed by atoms with Crippen molar-refractivity contribution in [3.8, 4) is 0 Å². The van der Waals surface area contributed by atoms with E-state index >= 15 is 0 Å². The lowest BCUT2D eigenvalue weighted by Gasteiger charge is -2.08. The van der Waals surface area contributed by atoms with E-state index in [4.69, 9.17) is 5.11 Å². The van der Waals surface area contributed by atoms with Crippen molar-refractivity contribution < 1.29 is 24.2 Å². The molecule has 4 nitrogen and oxygen atoms in total. The lowest BCUT2D eigenvalue weighted by Crippen LogP contribution is -2.12. The largest absolute Gasteiger partial charge is 0.479 e. The Bertz CT molecular complexity index is 447. The predicted octanol–water partition coefficient (Wildman–Crippen LogP) is 1.45. The van der Waals surface area contributed by atoms with Crippen molar-refractivity contribution in [3.05, 3.63) is 35.1 Å². The first-order valence-corrected chi connectivity index (χ1v) is 5.84. The number of aliphatic carboxylic acids is 1. The molecule has 0 radical (unpaired) electrons. The van der Waals surface area contributed by atoms with E-state index in [1.165, 1.54) is 12.1 Å². The van der Waals surface area contributed by atoms with Crippen molar-refractivity contribution in [1.29, 1.82) is 0 Å². The Hall–Kier alpha value is -1.27. The number of rotatable bonds is 5. The van der Waals surface area contributed by atoms with Gasteiger partial charge in [0.05, 0.1) is 5.33 Å². The van der Waals surface area contributed by atoms with Crippen LogP contribution >= 0.6 is 15.9 Å². The van der Waals surface area contributed by atoms with Crippen molar-refractivity contribution in [2.75, 3.05) is 5.33 Å². The molecule has 0 aliphatic carbocycles. The van der Waals surface area contributed by atoms with Crippen LogP contribution in [0.1, 0.15) is 17.2 Å². The van der Waals surface area contributed by atoms with Crippen molar-refractivity contribution in [2.24, 2.45) is 0 Å². The third-order valence-electron chi connectivity index (χ3n) is 2.16. The van der Waals surface area contributed by atoms with Gasteiger partial charge in [0, 0.05) is 6.42 Å². The summed E-state index contributed by atoms with van der Waals surface area (Å²) in [6, 6.07) is 3.41. The minimum Gasteiger partial charge on any atom is -0.479 e. The van der Waals surface area contributed by atoms with Crippen LogP contribution in [0.15, 0.2) is 18.2 Å². The third-order valence-corrected chi connectivity index (χ3v) is 2.78. The molecule has 0 heterocycles. The summed E-state index contributed by atoms with van der Waals surface area (Å²) in [4.78, 5) is 21.7. The molecule has 0 aliphatic rings. The summed E-state index contributed by atoms with van der Waals surface area (Å²) in [6.45, 7) is 0. The van der Waals surface area contributed by atoms with Crippen LogP contribution in [-0.2, 0) is 16.0 Å². The number of hydrogen-bond acceptors (Lipinski definition) is 3. The molecule has 0 spiro atoms. The van der Waals surface area contributed by atoms with Crippen molar-refractivity contribution in [3.63, 3.8) is 0 Å². The van der Waals surface area contributed by atoms with E-state index in [0.717, 1.165) is 6.07 Å². The monoisotopic (exact) mass is 304 g/mol. The lowest BCUT2D eigenvalue weighted by molar-refractivity contribution is -0.146. The van der Waals surface area contributed by atoms with Gasteiger partial charge in [0.1, 0.15) is 11.6 Å². The van der Waals surface area contributed by atoms with Crippen LogP contribution < -0.4 is 0 Å². The number of hydrogen-bond donors (Lipinski definition) is 2. The Kier molecular flexibility index (Phi) is 4.77. The van der Waals surface area contributed by atoms with Gasteiger partial charge in [-0.15, -0.1) is 0 Å². The zero-order valence-electron chi connectivity index (χ0n) is 8.69. The highest BCUT2D eigenvalue weighted by Gasteiger charge is 2.18. The number of ketones is 1. The summed E-state index contributed by atoms with van der Waals surface area (Å²) in [5, 5.41) is 18.0. The SMILES string of the molecule is O=C(CBr)Cc1cc(C(O)C(=O)O)ccc1F. The Morgan fingerprint density at radius 2 is 2.06 bits per heavy atom. The molecule has 0 aromatic heterocycles. The number of carboxylic acid groups (broad SMARTS) is 1. The van der Waals surface area contributed by atoms with Crippen molar-refractivity contribution >= 4 is 27.7 Å². The zero-order valence-corrected chi connectivity index (χ0v) is 10.3. The number of carbonyl (C=O) groups excluding carboxylic acids is 1. The average molecular weight is 305 g/mol. The van der Waals surface area contributed by atoms with Crippen LogP contribution in [-0.4, -0.2) is 27.3 Å². The van der Waals surface area contributed by atoms with Crippen LogP contribution in [0.3, 0.4) is 0 Å². The van der Waals surface area contributed by atoms with Gasteiger partial charge in [-0.1, -0.05) is 22.0 Å². The Morgan fingerprint density at radius 3 is 2.59 bits per heavy atom. The Labute approximate surface area is 105 Å². The van der Waals surface area contributed by atoms with Gasteiger partial charge < -0.3 is 10.2 Å². The van der Waals surface area contributed by atoms with Crippen molar-refractivity contribution in [2.45, 2.75) is 12.5 Å². The summed E-state index contributed by atoms with van der Waals surface area (Å²) < 4.78 is 13.3. The smallest absolute Gasteiger partial charge is 0.337 e. The second-order valence-electron chi connectivity index (χ2n) is 3.44. The number of carboxylic acids is 1. The highest BCUT2D eigenvalue weighted by molar-refractivity contribution is 9.09. The molecular weight excluding hydrogens is 295 g/mol. The Morgan fingerprint density at radius 1 is 1.41 bits per heavy atom. The molecule has 0 saturated heterocycles. The second-order valence-corrected chi connectivity index (χ2v) is 4.00. The first kappa shape index (κ1) is 13.8. The van der Waals surface area contributed by atoms with E-state index in [1.54, 1.807) is 0 Å². The summed E-state index contributed by atoms with van der Waals surface area (Å²) >= 11 is 2.95. The van der Waals surface area contributed by atoms with E-state index in [0.29, 0.717) is 0 Å². The molecule has 1 aromatic carbocycles. The molecule has 0 saturated carbocycles. The minimum atomic E-state index is -1.71. The number of aliphatic hydroxyl groups is 1. The summed E-state index contributed by atoms with van der Waals surface area (Å²) in [5.41, 5.74) is 0.128. The average Bonchev–Trinajstić information content (AvgIpc) is 2.30. The minimum absolute atomic E-state index is 0.0521. The molecule has 1 aromatic rings. The highest BCUT2D eigenvalue weighted by Crippen LogP contribution is 2.18. The highest BCUT2D eigenvalue weighted by atomic mass is 79.9. The van der Waals surface area contributed by atoms with E-state index < -0.39 is 17.9 Å². The predicted molar refractivity (Wildman–Crippen MR) is 61.5 cm³/mol. The quantitative estimate of drug-likeness (QED) is 0.808. The standard InChI is InChI=1S/C11H10BrFO4/c12-5-8(14)4-7-3-6(1-2-9(7)13)10(15)11(16)17/h1-3,10,15H,4-5H2,(H,16,17). The first-order valence-electron chi connectivity index (χ1n) is 4.72. The van der Waals surface area contributed by atoms with Gasteiger partial charge in [0.25, 0.3) is 0 Å². The van der Waals surface area contributed by atoms with Gasteiger partial charge in [-0.25, -0.2) is 9.18 Å². The molecule has 0 bridgehead atoms. The number of alkyl halides is 1. The summed E-state index contributed by atoms with van der Waals surface area (Å²) in [7, 11) is 0. The van der Waals surface area contributed by atoms with Crippen LogP contribution in [0.4, 0.5) is 4.39 Å². The number of Topliss-reactive ketones (excluding diaryl/α,β-unsaturated/α-hetero) is 1. The molecular formula is C11H10BrFO4. The van der Waals surface area contributed by atoms with Crippen LogP contribution in [0.2, 0.25) is 0 Å². The fourth-order valence-electron chi connectivity index (χ4n) is 1.30. The molecule has 92 valence electrons. The maximum atomic E-state index is 13.3. The normalized spacial score (nSPS) is 12.2. The molecule has 0 amide bonds. The number of carbonyl (C=O) groups is 2. The second kappa shape index (κ2) is 5.88. The van der Waals surface area contributed by atoms with Gasteiger partial charge in [-0.3, -0.25) is 4.79 Å². The van der Waals surface area contributed by atoms with E-state index in [-0.39, 0.29) is 28.7 Å². The first-order chi connectivity index (χ1) is 7.95. The molecule has 6 heteroatoms. The molecule has 2 N–H and O–H groups in total.